The monoisotopic (exact) mass is 580 g/mol. The summed E-state index contributed by atoms with van der Waals surface area (Å²) < 4.78 is 4.83. The molecule has 0 unspecified atom stereocenters. The average molecular weight is 581 g/mol. The third kappa shape index (κ3) is 3.11. The minimum absolute atomic E-state index is 1.14. The largest absolute Gasteiger partial charge is 0.309 e. The van der Waals surface area contributed by atoms with E-state index in [9.17, 15) is 0 Å². The highest BCUT2D eigenvalue weighted by Crippen LogP contribution is 2.44. The van der Waals surface area contributed by atoms with E-state index in [1.54, 1.807) is 0 Å². The van der Waals surface area contributed by atoms with Gasteiger partial charge in [-0.2, -0.15) is 0 Å². The Morgan fingerprint density at radius 3 is 1.59 bits per heavy atom. The molecule has 210 valence electrons. The molecule has 0 aliphatic rings. The summed E-state index contributed by atoms with van der Waals surface area (Å²) in [5.41, 5.74) is 9.73. The number of fused-ring (bicyclic) bond motifs is 11. The average Bonchev–Trinajstić information content (AvgIpc) is 3.74. The fourth-order valence-corrected chi connectivity index (χ4v) is 7.96. The Bertz CT molecular complexity index is 2830. The molecule has 46 heavy (non-hydrogen) atoms. The van der Waals surface area contributed by atoms with E-state index in [4.69, 9.17) is 0 Å². The highest BCUT2D eigenvalue weighted by molar-refractivity contribution is 6.27. The first-order chi connectivity index (χ1) is 22.8. The van der Waals surface area contributed by atoms with Crippen LogP contribution < -0.4 is 0 Å². The quantitative estimate of drug-likeness (QED) is 0.192. The van der Waals surface area contributed by atoms with Gasteiger partial charge < -0.3 is 8.97 Å². The molecule has 11 rings (SSSR count). The van der Waals surface area contributed by atoms with Gasteiger partial charge in [0.05, 0.1) is 27.6 Å². The van der Waals surface area contributed by atoms with E-state index in [-0.39, 0.29) is 0 Å². The summed E-state index contributed by atoms with van der Waals surface area (Å²) in [4.78, 5) is 0. The summed E-state index contributed by atoms with van der Waals surface area (Å²) in [5.74, 6) is 0. The lowest BCUT2D eigenvalue weighted by atomic mass is 9.97. The molecule has 11 aromatic rings. The summed E-state index contributed by atoms with van der Waals surface area (Å²) in [6, 6.07) is 59.7. The summed E-state index contributed by atoms with van der Waals surface area (Å²) in [5, 5.41) is 12.7. The smallest absolute Gasteiger partial charge is 0.0631 e. The van der Waals surface area contributed by atoms with Crippen LogP contribution in [-0.2, 0) is 0 Å². The first-order valence-electron chi connectivity index (χ1n) is 15.8. The summed E-state index contributed by atoms with van der Waals surface area (Å²) in [6.07, 6.45) is 0. The van der Waals surface area contributed by atoms with Gasteiger partial charge in [-0.15, -0.1) is 0 Å². The van der Waals surface area contributed by atoms with Crippen LogP contribution in [0.2, 0.25) is 0 Å². The first kappa shape index (κ1) is 24.1. The van der Waals surface area contributed by atoms with Gasteiger partial charge in [0, 0.05) is 44.1 Å². The van der Waals surface area contributed by atoms with Crippen LogP contribution in [0.4, 0.5) is 0 Å². The number of aromatic nitrogens is 2. The molecule has 0 amide bonds. The van der Waals surface area contributed by atoms with Gasteiger partial charge >= 0.3 is 0 Å². The van der Waals surface area contributed by atoms with Gasteiger partial charge in [0.2, 0.25) is 0 Å². The maximum Gasteiger partial charge on any atom is 0.0631 e. The second-order valence-electron chi connectivity index (χ2n) is 12.5. The molecule has 3 aromatic heterocycles. The molecule has 2 heteroatoms. The Kier molecular flexibility index (Phi) is 4.53. The van der Waals surface area contributed by atoms with Crippen molar-refractivity contribution in [1.29, 1.82) is 0 Å². The molecule has 0 spiro atoms. The zero-order valence-electron chi connectivity index (χ0n) is 24.8. The normalized spacial score (nSPS) is 12.2. The number of hydrogen-bond acceptors (Lipinski definition) is 0. The van der Waals surface area contributed by atoms with E-state index in [0.29, 0.717) is 0 Å². The standard InChI is InChI=1S/C44H24N2/c1-3-11-30-25-42-36(21-28(30)9-1)38-23-32(24-39-37-22-29-10-2-4-12-31(29)26-43(37)46(42)44(38)39)27-17-19-33(20-18-27)45-40-15-7-5-13-34(40)35-14-6-8-16-41(35)45/h1-5,7,9-26H. The highest BCUT2D eigenvalue weighted by Gasteiger charge is 2.20. The van der Waals surface area contributed by atoms with E-state index in [0.717, 1.165) is 11.2 Å². The first-order valence-corrected chi connectivity index (χ1v) is 15.8. The minimum Gasteiger partial charge on any atom is -0.309 e. The minimum atomic E-state index is 1.14. The van der Waals surface area contributed by atoms with Crippen LogP contribution in [0.15, 0.2) is 146 Å². The summed E-state index contributed by atoms with van der Waals surface area (Å²) in [6.45, 7) is 0. The van der Waals surface area contributed by atoms with Crippen LogP contribution in [0.5, 0.6) is 0 Å². The molecule has 3 heterocycles. The summed E-state index contributed by atoms with van der Waals surface area (Å²) in [7, 11) is 0. The number of rotatable bonds is 2. The van der Waals surface area contributed by atoms with Crippen molar-refractivity contribution in [2.45, 2.75) is 0 Å². The predicted molar refractivity (Wildman–Crippen MR) is 194 cm³/mol. The highest BCUT2D eigenvalue weighted by atomic mass is 15.0. The molecule has 8 aromatic carbocycles. The van der Waals surface area contributed by atoms with Crippen molar-refractivity contribution >= 4 is 81.4 Å². The molecule has 0 atom stereocenters. The lowest BCUT2D eigenvalue weighted by molar-refractivity contribution is 1.18. The number of nitrogens with zero attached hydrogens (tertiary/aromatic N) is 2. The number of hydrogen-bond donors (Lipinski definition) is 0. The van der Waals surface area contributed by atoms with Gasteiger partial charge in [0.1, 0.15) is 0 Å². The van der Waals surface area contributed by atoms with Crippen LogP contribution in [0, 0.1) is 12.1 Å². The van der Waals surface area contributed by atoms with Crippen molar-refractivity contribution in [3.05, 3.63) is 158 Å². The van der Waals surface area contributed by atoms with Gasteiger partial charge in [0.25, 0.3) is 0 Å². The Hall–Kier alpha value is -6.30. The topological polar surface area (TPSA) is 9.34 Å². The molecule has 0 N–H and O–H groups in total. The van der Waals surface area contributed by atoms with Crippen molar-refractivity contribution in [2.75, 3.05) is 0 Å². The van der Waals surface area contributed by atoms with Crippen molar-refractivity contribution in [3.8, 4) is 16.8 Å². The zero-order valence-corrected chi connectivity index (χ0v) is 24.8. The van der Waals surface area contributed by atoms with Crippen molar-refractivity contribution in [2.24, 2.45) is 0 Å². The zero-order chi connectivity index (χ0) is 29.9. The van der Waals surface area contributed by atoms with Gasteiger partial charge in [0.15, 0.2) is 0 Å². The molecular weight excluding hydrogens is 556 g/mol. The van der Waals surface area contributed by atoms with Crippen LogP contribution in [0.3, 0.4) is 0 Å². The lowest BCUT2D eigenvalue weighted by Crippen LogP contribution is -1.93. The second-order valence-corrected chi connectivity index (χ2v) is 12.5. The van der Waals surface area contributed by atoms with Crippen LogP contribution >= 0.6 is 0 Å². The second kappa shape index (κ2) is 8.66. The Morgan fingerprint density at radius 2 is 0.935 bits per heavy atom. The van der Waals surface area contributed by atoms with Gasteiger partial charge in [-0.25, -0.2) is 0 Å². The van der Waals surface area contributed by atoms with E-state index in [1.165, 1.54) is 87.1 Å². The maximum absolute atomic E-state index is 3.17. The molecule has 0 aliphatic heterocycles. The molecule has 0 fully saturated rings. The lowest BCUT2D eigenvalue weighted by Gasteiger charge is -2.10. The molecule has 0 aliphatic carbocycles. The third-order valence-electron chi connectivity index (χ3n) is 10.0. The SMILES string of the molecule is c1cc2c3ccccc3n(-c3ccc(-c4cc5c6cc7ccccc7cc6n6c7cc8ccccc8cc7c(c4)c56)cc3)c2cc#1. The van der Waals surface area contributed by atoms with E-state index in [2.05, 4.69) is 155 Å². The number of benzene rings is 7. The van der Waals surface area contributed by atoms with E-state index < -0.39 is 0 Å². The summed E-state index contributed by atoms with van der Waals surface area (Å²) >= 11 is 0. The molecule has 0 radical (unpaired) electrons. The molecular formula is C44H24N2. The Labute approximate surface area is 264 Å². The van der Waals surface area contributed by atoms with Crippen LogP contribution in [0.1, 0.15) is 0 Å². The van der Waals surface area contributed by atoms with Gasteiger partial charge in [-0.05, 0) is 93.3 Å². The van der Waals surface area contributed by atoms with Crippen molar-refractivity contribution in [3.63, 3.8) is 0 Å². The molecule has 0 bridgehead atoms. The Balaban J connectivity index is 1.19. The van der Waals surface area contributed by atoms with Crippen molar-refractivity contribution < 1.29 is 0 Å². The van der Waals surface area contributed by atoms with E-state index in [1.807, 2.05) is 12.1 Å². The molecule has 2 nitrogen and oxygen atoms in total. The molecule has 0 saturated carbocycles. The van der Waals surface area contributed by atoms with Gasteiger partial charge in [-0.1, -0.05) is 91.0 Å². The maximum atomic E-state index is 3.17. The predicted octanol–water partition coefficient (Wildman–Crippen LogP) is 11.5. The third-order valence-corrected chi connectivity index (χ3v) is 10.0. The fourth-order valence-electron chi connectivity index (χ4n) is 7.96. The van der Waals surface area contributed by atoms with Crippen LogP contribution in [0.25, 0.3) is 98.3 Å². The van der Waals surface area contributed by atoms with Crippen molar-refractivity contribution in [1.82, 2.24) is 8.97 Å². The van der Waals surface area contributed by atoms with Gasteiger partial charge in [-0.3, -0.25) is 0 Å². The van der Waals surface area contributed by atoms with E-state index >= 15 is 0 Å². The van der Waals surface area contributed by atoms with Crippen LogP contribution in [-0.4, -0.2) is 8.97 Å². The Morgan fingerprint density at radius 1 is 0.370 bits per heavy atom. The molecule has 0 saturated heterocycles. The number of para-hydroxylation sites is 1. The fraction of sp³-hybridized carbons (Fsp3) is 0.